The second-order valence-corrected chi connectivity index (χ2v) is 2.24. The number of rotatable bonds is 0. The molecule has 0 rings (SSSR count). The van der Waals surface area contributed by atoms with Crippen LogP contribution in [0.25, 0.3) is 0 Å². The molecular formula is C6H12N2O. The predicted octanol–water partition coefficient (Wildman–Crippen LogP) is 1.15. The Labute approximate surface area is 55.4 Å². The van der Waals surface area contributed by atoms with Gasteiger partial charge >= 0.3 is 6.03 Å². The molecule has 0 N–H and O–H groups in total. The zero-order chi connectivity index (χ0) is 7.44. The van der Waals surface area contributed by atoms with Gasteiger partial charge in [0.25, 0.3) is 0 Å². The summed E-state index contributed by atoms with van der Waals surface area (Å²) < 4.78 is 0. The van der Waals surface area contributed by atoms with E-state index in [4.69, 9.17) is 0 Å². The number of carbonyl (C=O) groups excluding carboxylic acids is 1. The van der Waals surface area contributed by atoms with Crippen molar-refractivity contribution in [1.82, 2.24) is 4.90 Å². The summed E-state index contributed by atoms with van der Waals surface area (Å²) in [6.45, 7) is 3.59. The fraction of sp³-hybridized carbons (Fsp3) is 0.667. The van der Waals surface area contributed by atoms with E-state index in [1.165, 1.54) is 4.90 Å². The Kier molecular flexibility index (Phi) is 2.91. The van der Waals surface area contributed by atoms with Crippen LogP contribution >= 0.6 is 0 Å². The zero-order valence-electron chi connectivity index (χ0n) is 6.30. The third-order valence-corrected chi connectivity index (χ3v) is 0.702. The highest BCUT2D eigenvalue weighted by atomic mass is 16.2. The molecule has 0 saturated heterocycles. The highest BCUT2D eigenvalue weighted by molar-refractivity contribution is 5.91. The summed E-state index contributed by atoms with van der Waals surface area (Å²) in [7, 11) is 3.35. The van der Waals surface area contributed by atoms with Crippen molar-refractivity contribution in [3.05, 3.63) is 0 Å². The van der Waals surface area contributed by atoms with Gasteiger partial charge in [-0.05, 0) is 13.8 Å². The largest absolute Gasteiger partial charge is 0.342 e. The number of nitrogens with zero attached hydrogens (tertiary/aromatic N) is 2. The molecule has 0 aliphatic heterocycles. The Hall–Kier alpha value is -0.860. The topological polar surface area (TPSA) is 32.7 Å². The molecule has 0 heterocycles. The van der Waals surface area contributed by atoms with Crippen LogP contribution in [0.2, 0.25) is 0 Å². The second-order valence-electron chi connectivity index (χ2n) is 2.24. The first kappa shape index (κ1) is 8.14. The summed E-state index contributed by atoms with van der Waals surface area (Å²) >= 11 is 0. The Morgan fingerprint density at radius 3 is 1.89 bits per heavy atom. The minimum atomic E-state index is -0.199. The first-order valence-corrected chi connectivity index (χ1v) is 2.77. The molecule has 0 bridgehead atoms. The minimum Gasteiger partial charge on any atom is -0.329 e. The van der Waals surface area contributed by atoms with Gasteiger partial charge in [-0.2, -0.15) is 0 Å². The molecule has 0 fully saturated rings. The van der Waals surface area contributed by atoms with Crippen molar-refractivity contribution < 1.29 is 4.79 Å². The maximum absolute atomic E-state index is 10.7. The third-order valence-electron chi connectivity index (χ3n) is 0.702. The highest BCUT2D eigenvalue weighted by Crippen LogP contribution is 1.84. The average molecular weight is 128 g/mol. The molecule has 52 valence electrons. The van der Waals surface area contributed by atoms with Crippen molar-refractivity contribution in [2.75, 3.05) is 14.1 Å². The normalized spacial score (nSPS) is 8.44. The number of amides is 2. The average Bonchev–Trinajstić information content (AvgIpc) is 1.63. The highest BCUT2D eigenvalue weighted by Gasteiger charge is 1.97. The molecule has 0 radical (unpaired) electrons. The van der Waals surface area contributed by atoms with Gasteiger partial charge in [-0.15, -0.1) is 0 Å². The quantitative estimate of drug-likeness (QED) is 0.450. The number of hydrogen-bond donors (Lipinski definition) is 0. The second kappa shape index (κ2) is 3.22. The molecule has 0 aromatic carbocycles. The van der Waals surface area contributed by atoms with Gasteiger partial charge in [0.15, 0.2) is 0 Å². The van der Waals surface area contributed by atoms with E-state index in [-0.39, 0.29) is 6.03 Å². The van der Waals surface area contributed by atoms with Crippen molar-refractivity contribution in [1.29, 1.82) is 0 Å². The minimum absolute atomic E-state index is 0.199. The Bertz CT molecular complexity index is 134. The standard InChI is InChI=1S/C6H12N2O/c1-5(2)7-6(9)8(3)4/h1-4H3. The monoisotopic (exact) mass is 128 g/mol. The number of urea groups is 1. The van der Waals surface area contributed by atoms with E-state index in [0.29, 0.717) is 0 Å². The first-order chi connectivity index (χ1) is 4.04. The van der Waals surface area contributed by atoms with Crippen molar-refractivity contribution in [3.8, 4) is 0 Å². The van der Waals surface area contributed by atoms with Gasteiger partial charge in [0.2, 0.25) is 0 Å². The maximum Gasteiger partial charge on any atom is 0.342 e. The molecule has 0 spiro atoms. The molecule has 0 unspecified atom stereocenters. The van der Waals surface area contributed by atoms with E-state index in [1.54, 1.807) is 27.9 Å². The Morgan fingerprint density at radius 2 is 1.78 bits per heavy atom. The van der Waals surface area contributed by atoms with Crippen molar-refractivity contribution in [2.24, 2.45) is 4.99 Å². The van der Waals surface area contributed by atoms with Gasteiger partial charge in [-0.25, -0.2) is 9.79 Å². The van der Waals surface area contributed by atoms with Crippen LogP contribution in [0.1, 0.15) is 13.8 Å². The third kappa shape index (κ3) is 3.70. The fourth-order valence-electron chi connectivity index (χ4n) is 0.291. The van der Waals surface area contributed by atoms with Gasteiger partial charge in [0, 0.05) is 19.8 Å². The molecule has 9 heavy (non-hydrogen) atoms. The molecule has 0 saturated carbocycles. The molecule has 0 aliphatic carbocycles. The lowest BCUT2D eigenvalue weighted by Crippen LogP contribution is -2.18. The van der Waals surface area contributed by atoms with Crippen LogP contribution in [0, 0.1) is 0 Å². The summed E-state index contributed by atoms with van der Waals surface area (Å²) in [6, 6.07) is -0.199. The molecule has 0 aromatic rings. The number of carbonyl (C=O) groups is 1. The lowest BCUT2D eigenvalue weighted by Gasteiger charge is -2.04. The summed E-state index contributed by atoms with van der Waals surface area (Å²) in [5.74, 6) is 0. The van der Waals surface area contributed by atoms with Crippen LogP contribution < -0.4 is 0 Å². The maximum atomic E-state index is 10.7. The van der Waals surface area contributed by atoms with Crippen LogP contribution in [-0.4, -0.2) is 30.7 Å². The van der Waals surface area contributed by atoms with Crippen LogP contribution in [0.15, 0.2) is 4.99 Å². The van der Waals surface area contributed by atoms with Crippen molar-refractivity contribution in [2.45, 2.75) is 13.8 Å². The van der Waals surface area contributed by atoms with Gasteiger partial charge < -0.3 is 4.90 Å². The predicted molar refractivity (Wildman–Crippen MR) is 37.9 cm³/mol. The SMILES string of the molecule is CC(C)=NC(=O)N(C)C. The van der Waals surface area contributed by atoms with Gasteiger partial charge in [-0.1, -0.05) is 0 Å². The van der Waals surface area contributed by atoms with E-state index in [0.717, 1.165) is 5.71 Å². The van der Waals surface area contributed by atoms with Gasteiger partial charge in [0.1, 0.15) is 0 Å². The Morgan fingerprint density at radius 1 is 1.33 bits per heavy atom. The zero-order valence-corrected chi connectivity index (χ0v) is 6.30. The van der Waals surface area contributed by atoms with Crippen LogP contribution in [0.3, 0.4) is 0 Å². The smallest absolute Gasteiger partial charge is 0.329 e. The van der Waals surface area contributed by atoms with E-state index >= 15 is 0 Å². The lowest BCUT2D eigenvalue weighted by molar-refractivity contribution is 0.227. The summed E-state index contributed by atoms with van der Waals surface area (Å²) in [5.41, 5.74) is 0.786. The molecule has 0 aromatic heterocycles. The van der Waals surface area contributed by atoms with E-state index in [1.807, 2.05) is 0 Å². The van der Waals surface area contributed by atoms with Crippen LogP contribution in [-0.2, 0) is 0 Å². The molecule has 3 heteroatoms. The number of aliphatic imine (C=N–C) groups is 1. The lowest BCUT2D eigenvalue weighted by atomic mass is 10.5. The van der Waals surface area contributed by atoms with Gasteiger partial charge in [0.05, 0.1) is 0 Å². The molecule has 0 aliphatic rings. The molecular weight excluding hydrogens is 116 g/mol. The van der Waals surface area contributed by atoms with Crippen molar-refractivity contribution >= 4 is 11.7 Å². The van der Waals surface area contributed by atoms with Crippen LogP contribution in [0.5, 0.6) is 0 Å². The summed E-state index contributed by atoms with van der Waals surface area (Å²) in [6.07, 6.45) is 0. The molecule has 2 amide bonds. The number of hydrogen-bond acceptors (Lipinski definition) is 1. The summed E-state index contributed by atoms with van der Waals surface area (Å²) in [4.78, 5) is 15.8. The van der Waals surface area contributed by atoms with E-state index in [2.05, 4.69) is 4.99 Å². The van der Waals surface area contributed by atoms with Crippen molar-refractivity contribution in [3.63, 3.8) is 0 Å². The molecule has 0 atom stereocenters. The van der Waals surface area contributed by atoms with E-state index in [9.17, 15) is 4.79 Å². The molecule has 3 nitrogen and oxygen atoms in total. The first-order valence-electron chi connectivity index (χ1n) is 2.77. The Balaban J connectivity index is 3.93. The summed E-state index contributed by atoms with van der Waals surface area (Å²) in [5, 5.41) is 0. The fourth-order valence-corrected chi connectivity index (χ4v) is 0.291. The van der Waals surface area contributed by atoms with Gasteiger partial charge in [-0.3, -0.25) is 0 Å². The van der Waals surface area contributed by atoms with E-state index < -0.39 is 0 Å². The van der Waals surface area contributed by atoms with Crippen LogP contribution in [0.4, 0.5) is 4.79 Å².